The first-order valence-corrected chi connectivity index (χ1v) is 11.5. The van der Waals surface area contributed by atoms with Gasteiger partial charge >= 0.3 is 0 Å². The Bertz CT molecular complexity index is 1430. The Morgan fingerprint density at radius 2 is 1.72 bits per heavy atom. The average molecular weight is 441 g/mol. The summed E-state index contributed by atoms with van der Waals surface area (Å²) in [5.74, 6) is -0.133. The van der Waals surface area contributed by atoms with E-state index >= 15 is 0 Å². The number of hydrogen-bond acceptors (Lipinski definition) is 4. The van der Waals surface area contributed by atoms with Crippen molar-refractivity contribution in [3.05, 3.63) is 83.4 Å². The van der Waals surface area contributed by atoms with Crippen LogP contribution in [-0.4, -0.2) is 22.5 Å². The van der Waals surface area contributed by atoms with Gasteiger partial charge in [0.25, 0.3) is 5.91 Å². The van der Waals surface area contributed by atoms with E-state index < -0.39 is 0 Å². The maximum Gasteiger partial charge on any atom is 0.267 e. The van der Waals surface area contributed by atoms with Crippen LogP contribution in [0, 0.1) is 6.92 Å². The third-order valence-corrected chi connectivity index (χ3v) is 7.00. The molecule has 1 amide bonds. The molecule has 32 heavy (non-hydrogen) atoms. The molecule has 160 valence electrons. The first-order valence-electron chi connectivity index (χ1n) is 10.7. The number of nitrogens with zero attached hydrogens (tertiary/aromatic N) is 3. The Hall–Kier alpha value is -3.64. The maximum atomic E-state index is 13.1. The van der Waals surface area contributed by atoms with Gasteiger partial charge in [-0.1, -0.05) is 47.7 Å². The molecule has 5 aromatic rings. The minimum absolute atomic E-state index is 0.133. The van der Waals surface area contributed by atoms with Crippen LogP contribution in [0.25, 0.3) is 21.8 Å². The molecular formula is C26H24N4OS. The molecule has 5 rings (SSSR count). The number of anilines is 3. The fourth-order valence-corrected chi connectivity index (χ4v) is 5.10. The van der Waals surface area contributed by atoms with Crippen LogP contribution >= 0.6 is 11.3 Å². The summed E-state index contributed by atoms with van der Waals surface area (Å²) >= 11 is 1.40. The van der Waals surface area contributed by atoms with Crippen LogP contribution in [0.4, 0.5) is 16.5 Å². The lowest BCUT2D eigenvalue weighted by molar-refractivity contribution is 0.103. The number of benzene rings is 3. The highest BCUT2D eigenvalue weighted by Crippen LogP contribution is 2.33. The number of fused-ring (bicyclic) bond motifs is 3. The molecule has 5 nitrogen and oxygen atoms in total. The maximum absolute atomic E-state index is 13.1. The fourth-order valence-electron chi connectivity index (χ4n) is 4.16. The molecule has 0 atom stereocenters. The monoisotopic (exact) mass is 440 g/mol. The number of aryl methyl sites for hydroxylation is 2. The standard InChI is InChI=1S/C26H24N4OS/c1-4-30-22-13-9-8-12-20(22)21-16-18(14-15-23(21)30)28-25(31)24-17(2)27-26(32-24)29(3)19-10-6-5-7-11-19/h5-16H,4H2,1-3H3,(H,28,31). The van der Waals surface area contributed by atoms with Crippen molar-refractivity contribution < 1.29 is 4.79 Å². The topological polar surface area (TPSA) is 50.2 Å². The van der Waals surface area contributed by atoms with Crippen molar-refractivity contribution in [3.8, 4) is 0 Å². The first kappa shape index (κ1) is 20.3. The lowest BCUT2D eigenvalue weighted by atomic mass is 10.1. The summed E-state index contributed by atoms with van der Waals surface area (Å²) in [6.45, 7) is 4.93. The highest BCUT2D eigenvalue weighted by molar-refractivity contribution is 7.17. The zero-order chi connectivity index (χ0) is 22.2. The molecule has 3 aromatic carbocycles. The molecule has 0 radical (unpaired) electrons. The van der Waals surface area contributed by atoms with E-state index in [4.69, 9.17) is 0 Å². The van der Waals surface area contributed by atoms with Gasteiger partial charge in [0.15, 0.2) is 5.13 Å². The normalized spacial score (nSPS) is 11.2. The Labute approximate surface area is 190 Å². The highest BCUT2D eigenvalue weighted by atomic mass is 32.1. The molecular weight excluding hydrogens is 416 g/mol. The van der Waals surface area contributed by atoms with E-state index in [2.05, 4.69) is 58.2 Å². The zero-order valence-electron chi connectivity index (χ0n) is 18.3. The van der Waals surface area contributed by atoms with Gasteiger partial charge in [-0.15, -0.1) is 0 Å². The summed E-state index contributed by atoms with van der Waals surface area (Å²) in [7, 11) is 1.96. The van der Waals surface area contributed by atoms with E-state index in [0.717, 1.165) is 34.1 Å². The molecule has 0 saturated carbocycles. The van der Waals surface area contributed by atoms with Crippen molar-refractivity contribution in [2.24, 2.45) is 0 Å². The van der Waals surface area contributed by atoms with Crippen LogP contribution in [0.1, 0.15) is 22.3 Å². The van der Waals surface area contributed by atoms with Crippen LogP contribution < -0.4 is 10.2 Å². The van der Waals surface area contributed by atoms with Gasteiger partial charge in [0, 0.05) is 46.8 Å². The van der Waals surface area contributed by atoms with E-state index in [1.165, 1.54) is 27.8 Å². The number of carbonyl (C=O) groups is 1. The quantitative estimate of drug-likeness (QED) is 0.335. The smallest absolute Gasteiger partial charge is 0.267 e. The van der Waals surface area contributed by atoms with Gasteiger partial charge in [-0.3, -0.25) is 4.79 Å². The lowest BCUT2D eigenvalue weighted by Gasteiger charge is -2.15. The van der Waals surface area contributed by atoms with Gasteiger partial charge in [0.2, 0.25) is 0 Å². The second kappa shape index (κ2) is 8.13. The average Bonchev–Trinajstić information content (AvgIpc) is 3.36. The van der Waals surface area contributed by atoms with Crippen molar-refractivity contribution in [2.45, 2.75) is 20.4 Å². The molecule has 0 aliphatic rings. The van der Waals surface area contributed by atoms with Gasteiger partial charge in [-0.2, -0.15) is 0 Å². The second-order valence-electron chi connectivity index (χ2n) is 7.75. The summed E-state index contributed by atoms with van der Waals surface area (Å²) in [5, 5.41) is 6.21. The molecule has 0 aliphatic heterocycles. The van der Waals surface area contributed by atoms with Gasteiger partial charge in [0.1, 0.15) is 4.88 Å². The van der Waals surface area contributed by atoms with E-state index in [-0.39, 0.29) is 5.91 Å². The van der Waals surface area contributed by atoms with Crippen molar-refractivity contribution in [1.29, 1.82) is 0 Å². The summed E-state index contributed by atoms with van der Waals surface area (Å²) in [6, 6.07) is 24.5. The third-order valence-electron chi connectivity index (χ3n) is 5.77. The number of nitrogens with one attached hydrogen (secondary N) is 1. The summed E-state index contributed by atoms with van der Waals surface area (Å²) < 4.78 is 2.30. The van der Waals surface area contributed by atoms with Gasteiger partial charge < -0.3 is 14.8 Å². The van der Waals surface area contributed by atoms with Crippen LogP contribution in [0.2, 0.25) is 0 Å². The molecule has 0 saturated heterocycles. The van der Waals surface area contributed by atoms with E-state index in [0.29, 0.717) is 4.88 Å². The molecule has 0 aliphatic carbocycles. The van der Waals surface area contributed by atoms with E-state index in [1.807, 2.05) is 55.3 Å². The van der Waals surface area contributed by atoms with Crippen LogP contribution in [0.5, 0.6) is 0 Å². The minimum Gasteiger partial charge on any atom is -0.341 e. The summed E-state index contributed by atoms with van der Waals surface area (Å²) in [5.41, 5.74) is 4.93. The number of carbonyl (C=O) groups excluding carboxylic acids is 1. The van der Waals surface area contributed by atoms with Crippen molar-refractivity contribution in [1.82, 2.24) is 9.55 Å². The SMILES string of the molecule is CCn1c2ccccc2c2cc(NC(=O)c3sc(N(C)c4ccccc4)nc3C)ccc21. The van der Waals surface area contributed by atoms with Crippen molar-refractivity contribution >= 4 is 55.6 Å². The minimum atomic E-state index is -0.133. The number of rotatable bonds is 5. The Morgan fingerprint density at radius 1 is 1.00 bits per heavy atom. The van der Waals surface area contributed by atoms with Crippen molar-refractivity contribution in [3.63, 3.8) is 0 Å². The molecule has 1 N–H and O–H groups in total. The first-order chi connectivity index (χ1) is 15.6. The van der Waals surface area contributed by atoms with E-state index in [9.17, 15) is 4.79 Å². The molecule has 2 aromatic heterocycles. The summed E-state index contributed by atoms with van der Waals surface area (Å²) in [4.78, 5) is 20.4. The van der Waals surface area contributed by atoms with Crippen LogP contribution in [-0.2, 0) is 6.54 Å². The zero-order valence-corrected chi connectivity index (χ0v) is 19.1. The Morgan fingerprint density at radius 3 is 2.50 bits per heavy atom. The largest absolute Gasteiger partial charge is 0.341 e. The fraction of sp³-hybridized carbons (Fsp3) is 0.154. The molecule has 0 fully saturated rings. The molecule has 6 heteroatoms. The van der Waals surface area contributed by atoms with Crippen LogP contribution in [0.3, 0.4) is 0 Å². The highest BCUT2D eigenvalue weighted by Gasteiger charge is 2.19. The second-order valence-corrected chi connectivity index (χ2v) is 8.73. The number of thiazole rings is 1. The number of hydrogen-bond donors (Lipinski definition) is 1. The molecule has 0 unspecified atom stereocenters. The summed E-state index contributed by atoms with van der Waals surface area (Å²) in [6.07, 6.45) is 0. The predicted molar refractivity (Wildman–Crippen MR) is 134 cm³/mol. The molecule has 2 heterocycles. The lowest BCUT2D eigenvalue weighted by Crippen LogP contribution is -2.11. The molecule has 0 spiro atoms. The third kappa shape index (κ3) is 3.42. The van der Waals surface area contributed by atoms with Crippen molar-refractivity contribution in [2.75, 3.05) is 17.3 Å². The Balaban J connectivity index is 1.45. The Kier molecular flexibility index (Phi) is 5.15. The number of para-hydroxylation sites is 2. The van der Waals surface area contributed by atoms with Gasteiger partial charge in [0.05, 0.1) is 5.69 Å². The van der Waals surface area contributed by atoms with Gasteiger partial charge in [-0.05, 0) is 50.2 Å². The number of amides is 1. The number of aromatic nitrogens is 2. The molecule has 0 bridgehead atoms. The van der Waals surface area contributed by atoms with Gasteiger partial charge in [-0.25, -0.2) is 4.98 Å². The van der Waals surface area contributed by atoms with E-state index in [1.54, 1.807) is 0 Å². The predicted octanol–water partition coefficient (Wildman–Crippen LogP) is 6.60. The van der Waals surface area contributed by atoms with Crippen LogP contribution in [0.15, 0.2) is 72.8 Å².